The van der Waals surface area contributed by atoms with E-state index >= 15 is 0 Å². The number of Topliss-reactive ketones (excluding diaryl/α,β-unsaturated/α-hetero) is 1. The molecule has 0 aliphatic carbocycles. The quantitative estimate of drug-likeness (QED) is 0.401. The maximum Gasteiger partial charge on any atom is 0.197 e. The number of hydrogen-bond donors (Lipinski definition) is 0. The van der Waals surface area contributed by atoms with E-state index in [2.05, 4.69) is 38.7 Å². The third-order valence-electron chi connectivity index (χ3n) is 6.36. The normalized spacial score (nSPS) is 15.4. The van der Waals surface area contributed by atoms with Gasteiger partial charge >= 0.3 is 0 Å². The Morgan fingerprint density at radius 2 is 1.97 bits per heavy atom. The SMILES string of the molecule is CC(C)N1CCC(c2nc(C(=O)Cc3ncc4ccc(-c5cccnc5)cc4n3)co2)CC1. The van der Waals surface area contributed by atoms with Crippen LogP contribution >= 0.6 is 0 Å². The number of nitrogens with zero attached hydrogens (tertiary/aromatic N) is 5. The predicted molar refractivity (Wildman–Crippen MR) is 126 cm³/mol. The largest absolute Gasteiger partial charge is 0.448 e. The maximum absolute atomic E-state index is 12.9. The molecule has 0 amide bonds. The molecule has 0 unspecified atom stereocenters. The molecule has 0 saturated carbocycles. The van der Waals surface area contributed by atoms with Crippen molar-refractivity contribution in [2.24, 2.45) is 0 Å². The van der Waals surface area contributed by atoms with Crippen molar-refractivity contribution in [2.75, 3.05) is 13.1 Å². The molecule has 33 heavy (non-hydrogen) atoms. The lowest BCUT2D eigenvalue weighted by atomic mass is 9.96. The number of benzene rings is 1. The van der Waals surface area contributed by atoms with Gasteiger partial charge in [-0.15, -0.1) is 0 Å². The van der Waals surface area contributed by atoms with Crippen LogP contribution in [0.25, 0.3) is 22.0 Å². The van der Waals surface area contributed by atoms with Gasteiger partial charge in [0.1, 0.15) is 17.8 Å². The number of oxazole rings is 1. The molecule has 0 spiro atoms. The van der Waals surface area contributed by atoms with Gasteiger partial charge in [-0.1, -0.05) is 18.2 Å². The molecule has 1 aliphatic heterocycles. The summed E-state index contributed by atoms with van der Waals surface area (Å²) in [4.78, 5) is 33.0. The number of rotatable bonds is 6. The highest BCUT2D eigenvalue weighted by atomic mass is 16.3. The van der Waals surface area contributed by atoms with E-state index < -0.39 is 0 Å². The first-order valence-corrected chi connectivity index (χ1v) is 11.5. The third-order valence-corrected chi connectivity index (χ3v) is 6.36. The number of carbonyl (C=O) groups excluding carboxylic acids is 1. The molecule has 1 fully saturated rings. The molecular formula is C26H27N5O2. The number of aromatic nitrogens is 4. The molecule has 0 atom stereocenters. The number of pyridine rings is 1. The first-order valence-electron chi connectivity index (χ1n) is 11.5. The Labute approximate surface area is 192 Å². The first kappa shape index (κ1) is 21.4. The number of likely N-dealkylation sites (tertiary alicyclic amines) is 1. The molecule has 0 N–H and O–H groups in total. The van der Waals surface area contributed by atoms with E-state index in [9.17, 15) is 4.79 Å². The van der Waals surface area contributed by atoms with E-state index in [4.69, 9.17) is 4.42 Å². The molecular weight excluding hydrogens is 414 g/mol. The van der Waals surface area contributed by atoms with Crippen molar-refractivity contribution in [3.63, 3.8) is 0 Å². The molecule has 1 aliphatic rings. The highest BCUT2D eigenvalue weighted by molar-refractivity contribution is 5.95. The molecule has 1 aromatic carbocycles. The molecule has 3 aromatic heterocycles. The van der Waals surface area contributed by atoms with Crippen LogP contribution in [0.3, 0.4) is 0 Å². The molecule has 0 bridgehead atoms. The van der Waals surface area contributed by atoms with Crippen molar-refractivity contribution in [3.8, 4) is 11.1 Å². The highest BCUT2D eigenvalue weighted by Crippen LogP contribution is 2.28. The summed E-state index contributed by atoms with van der Waals surface area (Å²) in [6, 6.07) is 10.5. The average molecular weight is 442 g/mol. The molecule has 4 heterocycles. The van der Waals surface area contributed by atoms with Crippen molar-refractivity contribution in [3.05, 3.63) is 72.6 Å². The zero-order valence-corrected chi connectivity index (χ0v) is 18.9. The third kappa shape index (κ3) is 4.68. The van der Waals surface area contributed by atoms with Gasteiger partial charge in [-0.3, -0.25) is 9.78 Å². The van der Waals surface area contributed by atoms with Crippen LogP contribution in [-0.4, -0.2) is 49.8 Å². The average Bonchev–Trinajstić information content (AvgIpc) is 3.35. The van der Waals surface area contributed by atoms with Crippen LogP contribution in [0.2, 0.25) is 0 Å². The summed E-state index contributed by atoms with van der Waals surface area (Å²) in [6.07, 6.45) is 8.90. The molecule has 1 saturated heterocycles. The van der Waals surface area contributed by atoms with Gasteiger partial charge in [0, 0.05) is 41.5 Å². The fraction of sp³-hybridized carbons (Fsp3) is 0.346. The van der Waals surface area contributed by atoms with Gasteiger partial charge in [0.25, 0.3) is 0 Å². The zero-order chi connectivity index (χ0) is 22.8. The fourth-order valence-corrected chi connectivity index (χ4v) is 4.36. The van der Waals surface area contributed by atoms with Crippen LogP contribution in [0.5, 0.6) is 0 Å². The van der Waals surface area contributed by atoms with Crippen molar-refractivity contribution in [1.82, 2.24) is 24.8 Å². The number of fused-ring (bicyclic) bond motifs is 1. The van der Waals surface area contributed by atoms with Crippen LogP contribution in [0.15, 0.2) is 59.6 Å². The lowest BCUT2D eigenvalue weighted by molar-refractivity contribution is 0.0986. The van der Waals surface area contributed by atoms with E-state index in [1.807, 2.05) is 36.5 Å². The summed E-state index contributed by atoms with van der Waals surface area (Å²) in [5.41, 5.74) is 3.19. The van der Waals surface area contributed by atoms with Crippen LogP contribution in [0.1, 0.15) is 54.8 Å². The first-order chi connectivity index (χ1) is 16.1. The van der Waals surface area contributed by atoms with Gasteiger partial charge in [0.2, 0.25) is 0 Å². The second-order valence-electron chi connectivity index (χ2n) is 8.88. The van der Waals surface area contributed by atoms with E-state index in [-0.39, 0.29) is 18.1 Å². The summed E-state index contributed by atoms with van der Waals surface area (Å²) < 4.78 is 5.70. The van der Waals surface area contributed by atoms with Gasteiger partial charge in [-0.25, -0.2) is 15.0 Å². The zero-order valence-electron chi connectivity index (χ0n) is 18.9. The summed E-state index contributed by atoms with van der Waals surface area (Å²) in [7, 11) is 0. The molecule has 7 nitrogen and oxygen atoms in total. The lowest BCUT2D eigenvalue weighted by Gasteiger charge is -2.33. The maximum atomic E-state index is 12.9. The monoisotopic (exact) mass is 441 g/mol. The van der Waals surface area contributed by atoms with Crippen molar-refractivity contribution in [2.45, 2.75) is 45.1 Å². The Kier molecular flexibility index (Phi) is 5.96. The van der Waals surface area contributed by atoms with Gasteiger partial charge < -0.3 is 9.32 Å². The van der Waals surface area contributed by atoms with Gasteiger partial charge in [0.05, 0.1) is 11.9 Å². The number of piperidine rings is 1. The van der Waals surface area contributed by atoms with E-state index in [0.29, 0.717) is 23.5 Å². The number of carbonyl (C=O) groups is 1. The second-order valence-corrected chi connectivity index (χ2v) is 8.88. The molecule has 168 valence electrons. The predicted octanol–water partition coefficient (Wildman–Crippen LogP) is 4.69. The topological polar surface area (TPSA) is 85.0 Å². The smallest absolute Gasteiger partial charge is 0.197 e. The van der Waals surface area contributed by atoms with Gasteiger partial charge in [0.15, 0.2) is 11.7 Å². The summed E-state index contributed by atoms with van der Waals surface area (Å²) in [5.74, 6) is 1.28. The van der Waals surface area contributed by atoms with E-state index in [0.717, 1.165) is 48.0 Å². The minimum Gasteiger partial charge on any atom is -0.448 e. The van der Waals surface area contributed by atoms with E-state index in [1.54, 1.807) is 12.4 Å². The molecule has 0 radical (unpaired) electrons. The summed E-state index contributed by atoms with van der Waals surface area (Å²) in [5, 5.41) is 0.926. The van der Waals surface area contributed by atoms with Gasteiger partial charge in [-0.2, -0.15) is 0 Å². The highest BCUT2D eigenvalue weighted by Gasteiger charge is 2.26. The summed E-state index contributed by atoms with van der Waals surface area (Å²) >= 11 is 0. The fourth-order valence-electron chi connectivity index (χ4n) is 4.36. The molecule has 7 heteroatoms. The second kappa shape index (κ2) is 9.19. The minimum absolute atomic E-state index is 0.0881. The Morgan fingerprint density at radius 3 is 2.73 bits per heavy atom. The standard InChI is InChI=1S/C26H27N5O2/c1-17(2)31-10-7-18(8-11-31)26-30-23(16-33-26)24(32)13-25-28-15-21-6-5-19(12-22(21)29-25)20-4-3-9-27-14-20/h3-6,9,12,14-18H,7-8,10-11,13H2,1-2H3. The van der Waals surface area contributed by atoms with Crippen LogP contribution < -0.4 is 0 Å². The molecule has 5 rings (SSSR count). The van der Waals surface area contributed by atoms with Crippen LogP contribution in [0, 0.1) is 0 Å². The van der Waals surface area contributed by atoms with Gasteiger partial charge in [-0.05, 0) is 57.5 Å². The number of hydrogen-bond acceptors (Lipinski definition) is 7. The Bertz CT molecular complexity index is 1260. The van der Waals surface area contributed by atoms with Crippen LogP contribution in [0.4, 0.5) is 0 Å². The molecule has 4 aromatic rings. The van der Waals surface area contributed by atoms with Crippen molar-refractivity contribution >= 4 is 16.7 Å². The Balaban J connectivity index is 1.29. The Morgan fingerprint density at radius 1 is 1.12 bits per heavy atom. The van der Waals surface area contributed by atoms with Crippen molar-refractivity contribution in [1.29, 1.82) is 0 Å². The minimum atomic E-state index is -0.132. The van der Waals surface area contributed by atoms with Crippen LogP contribution in [-0.2, 0) is 6.42 Å². The lowest BCUT2D eigenvalue weighted by Crippen LogP contribution is -2.37. The summed E-state index contributed by atoms with van der Waals surface area (Å²) in [6.45, 7) is 6.49. The number of ketones is 1. The Hall–Kier alpha value is -3.45. The van der Waals surface area contributed by atoms with Crippen molar-refractivity contribution < 1.29 is 9.21 Å². The van der Waals surface area contributed by atoms with E-state index in [1.165, 1.54) is 6.26 Å².